The van der Waals surface area contributed by atoms with Gasteiger partial charge in [-0.1, -0.05) is 0 Å². The summed E-state index contributed by atoms with van der Waals surface area (Å²) in [6, 6.07) is 1.73. The molecule has 0 radical (unpaired) electrons. The molecule has 0 spiro atoms. The number of rotatable bonds is 2. The zero-order valence-corrected chi connectivity index (χ0v) is 9.15. The van der Waals surface area contributed by atoms with Crippen LogP contribution in [0.25, 0.3) is 0 Å². The monoisotopic (exact) mass is 209 g/mol. The van der Waals surface area contributed by atoms with Crippen molar-refractivity contribution in [3.05, 3.63) is 24.3 Å². The normalized spacial score (nSPS) is 10.9. The molecule has 0 saturated carbocycles. The van der Waals surface area contributed by atoms with Crippen LogP contribution in [0.15, 0.2) is 18.6 Å². The molecule has 0 aliphatic rings. The Balaban J connectivity index is 2.35. The van der Waals surface area contributed by atoms with Gasteiger partial charge in [-0.05, 0) is 26.8 Å². The molecule has 5 heteroatoms. The Labute approximate surface area is 88.9 Å². The summed E-state index contributed by atoms with van der Waals surface area (Å²) < 4.78 is 5.07. The number of carbonyl (C=O) groups is 1. The van der Waals surface area contributed by atoms with E-state index in [1.54, 1.807) is 12.3 Å². The molecule has 15 heavy (non-hydrogen) atoms. The fourth-order valence-electron chi connectivity index (χ4n) is 0.900. The van der Waals surface area contributed by atoms with Gasteiger partial charge in [-0.2, -0.15) is 0 Å². The van der Waals surface area contributed by atoms with Gasteiger partial charge >= 0.3 is 6.09 Å². The van der Waals surface area contributed by atoms with Gasteiger partial charge in [0.25, 0.3) is 0 Å². The lowest BCUT2D eigenvalue weighted by Gasteiger charge is -2.19. The minimum Gasteiger partial charge on any atom is -0.444 e. The second-order valence-electron chi connectivity index (χ2n) is 4.06. The van der Waals surface area contributed by atoms with E-state index in [-0.39, 0.29) is 0 Å². The third kappa shape index (κ3) is 4.95. The summed E-state index contributed by atoms with van der Waals surface area (Å²) in [7, 11) is 0. The van der Waals surface area contributed by atoms with Crippen molar-refractivity contribution in [3.63, 3.8) is 0 Å². The molecule has 0 aromatic carbocycles. The van der Waals surface area contributed by atoms with Crippen LogP contribution >= 0.6 is 0 Å². The summed E-state index contributed by atoms with van der Waals surface area (Å²) in [6.07, 6.45) is 2.62. The average Bonchev–Trinajstić information content (AvgIpc) is 2.14. The molecule has 1 rings (SSSR count). The third-order valence-electron chi connectivity index (χ3n) is 1.46. The molecular formula is C10H15N3O2. The van der Waals surface area contributed by atoms with Crippen LogP contribution in [-0.4, -0.2) is 21.7 Å². The predicted octanol–water partition coefficient (Wildman–Crippen LogP) is 1.50. The number of nitrogens with one attached hydrogen (secondary N) is 1. The lowest BCUT2D eigenvalue weighted by atomic mass is 10.2. The van der Waals surface area contributed by atoms with Crippen LogP contribution in [-0.2, 0) is 11.3 Å². The predicted molar refractivity (Wildman–Crippen MR) is 55.1 cm³/mol. The van der Waals surface area contributed by atoms with E-state index in [9.17, 15) is 4.79 Å². The Bertz CT molecular complexity index is 319. The molecule has 0 unspecified atom stereocenters. The van der Waals surface area contributed by atoms with E-state index in [0.29, 0.717) is 6.54 Å². The first kappa shape index (κ1) is 11.4. The summed E-state index contributed by atoms with van der Waals surface area (Å²) in [5.41, 5.74) is 0.270. The van der Waals surface area contributed by atoms with Crippen molar-refractivity contribution < 1.29 is 9.53 Å². The Morgan fingerprint density at radius 2 is 2.27 bits per heavy atom. The quantitative estimate of drug-likeness (QED) is 0.801. The molecule has 1 amide bonds. The molecule has 82 valence electrons. The Morgan fingerprint density at radius 1 is 1.53 bits per heavy atom. The van der Waals surface area contributed by atoms with Gasteiger partial charge in [0.2, 0.25) is 0 Å². The fraction of sp³-hybridized carbons (Fsp3) is 0.500. The summed E-state index contributed by atoms with van der Waals surface area (Å²) in [4.78, 5) is 19.0. The molecule has 1 aromatic rings. The van der Waals surface area contributed by atoms with Crippen LogP contribution in [0.5, 0.6) is 0 Å². The van der Waals surface area contributed by atoms with Gasteiger partial charge in [0, 0.05) is 6.20 Å². The maximum atomic E-state index is 11.3. The molecule has 1 aromatic heterocycles. The van der Waals surface area contributed by atoms with Gasteiger partial charge < -0.3 is 10.1 Å². The summed E-state index contributed by atoms with van der Waals surface area (Å²) in [5, 5.41) is 2.60. The first-order chi connectivity index (χ1) is 6.97. The zero-order chi connectivity index (χ0) is 11.3. The first-order valence-corrected chi connectivity index (χ1v) is 4.69. The molecule has 0 bridgehead atoms. The number of hydrogen-bond donors (Lipinski definition) is 1. The molecule has 0 aliphatic carbocycles. The molecule has 1 heterocycles. The highest BCUT2D eigenvalue weighted by molar-refractivity contribution is 5.67. The zero-order valence-electron chi connectivity index (χ0n) is 9.15. The summed E-state index contributed by atoms with van der Waals surface area (Å²) in [6.45, 7) is 5.79. The highest BCUT2D eigenvalue weighted by Crippen LogP contribution is 2.06. The van der Waals surface area contributed by atoms with Gasteiger partial charge in [-0.3, -0.25) is 0 Å². The van der Waals surface area contributed by atoms with Gasteiger partial charge in [0.05, 0.1) is 12.2 Å². The van der Waals surface area contributed by atoms with Crippen molar-refractivity contribution in [2.24, 2.45) is 0 Å². The van der Waals surface area contributed by atoms with Gasteiger partial charge in [0.1, 0.15) is 11.9 Å². The molecular weight excluding hydrogens is 194 g/mol. The molecule has 0 atom stereocenters. The van der Waals surface area contributed by atoms with E-state index >= 15 is 0 Å². The minimum absolute atomic E-state index is 0.345. The fourth-order valence-corrected chi connectivity index (χ4v) is 0.900. The minimum atomic E-state index is -0.476. The van der Waals surface area contributed by atoms with Crippen LogP contribution in [0.1, 0.15) is 26.5 Å². The number of hydrogen-bond acceptors (Lipinski definition) is 4. The second-order valence-corrected chi connectivity index (χ2v) is 4.06. The number of alkyl carbamates (subject to hydrolysis) is 1. The standard InChI is InChI=1S/C10H15N3O2/c1-10(2,3)15-9(14)12-6-8-4-5-11-7-13-8/h4-5,7H,6H2,1-3H3,(H,12,14). The first-order valence-electron chi connectivity index (χ1n) is 4.69. The number of aromatic nitrogens is 2. The topological polar surface area (TPSA) is 64.1 Å². The maximum Gasteiger partial charge on any atom is 0.407 e. The lowest BCUT2D eigenvalue weighted by Crippen LogP contribution is -2.32. The average molecular weight is 209 g/mol. The molecule has 0 aliphatic heterocycles. The molecule has 0 fully saturated rings. The maximum absolute atomic E-state index is 11.3. The highest BCUT2D eigenvalue weighted by Gasteiger charge is 2.15. The van der Waals surface area contributed by atoms with Crippen molar-refractivity contribution in [2.75, 3.05) is 0 Å². The third-order valence-corrected chi connectivity index (χ3v) is 1.46. The number of carbonyl (C=O) groups excluding carboxylic acids is 1. The Morgan fingerprint density at radius 3 is 2.80 bits per heavy atom. The van der Waals surface area contributed by atoms with Crippen molar-refractivity contribution in [2.45, 2.75) is 32.9 Å². The van der Waals surface area contributed by atoms with E-state index in [0.717, 1.165) is 5.69 Å². The SMILES string of the molecule is CC(C)(C)OC(=O)NCc1ccncn1. The van der Waals surface area contributed by atoms with Gasteiger partial charge in [-0.25, -0.2) is 14.8 Å². The summed E-state index contributed by atoms with van der Waals surface area (Å²) in [5.74, 6) is 0. The van der Waals surface area contributed by atoms with E-state index in [2.05, 4.69) is 15.3 Å². The molecule has 5 nitrogen and oxygen atoms in total. The summed E-state index contributed by atoms with van der Waals surface area (Å²) >= 11 is 0. The van der Waals surface area contributed by atoms with Crippen LogP contribution < -0.4 is 5.32 Å². The number of amides is 1. The second kappa shape index (κ2) is 4.72. The Hall–Kier alpha value is -1.65. The number of nitrogens with zero attached hydrogens (tertiary/aromatic N) is 2. The van der Waals surface area contributed by atoms with E-state index in [1.807, 2.05) is 20.8 Å². The van der Waals surface area contributed by atoms with Crippen molar-refractivity contribution >= 4 is 6.09 Å². The smallest absolute Gasteiger partial charge is 0.407 e. The number of ether oxygens (including phenoxy) is 1. The van der Waals surface area contributed by atoms with Crippen molar-refractivity contribution in [3.8, 4) is 0 Å². The van der Waals surface area contributed by atoms with E-state index < -0.39 is 11.7 Å². The van der Waals surface area contributed by atoms with Crippen molar-refractivity contribution in [1.29, 1.82) is 0 Å². The van der Waals surface area contributed by atoms with Gasteiger partial charge in [0.15, 0.2) is 0 Å². The Kier molecular flexibility index (Phi) is 3.60. The van der Waals surface area contributed by atoms with Gasteiger partial charge in [-0.15, -0.1) is 0 Å². The lowest BCUT2D eigenvalue weighted by molar-refractivity contribution is 0.0523. The highest BCUT2D eigenvalue weighted by atomic mass is 16.6. The van der Waals surface area contributed by atoms with Crippen molar-refractivity contribution in [1.82, 2.24) is 15.3 Å². The van der Waals surface area contributed by atoms with Crippen LogP contribution in [0.3, 0.4) is 0 Å². The van der Waals surface area contributed by atoms with E-state index in [4.69, 9.17) is 4.74 Å². The van der Waals surface area contributed by atoms with Crippen LogP contribution in [0.2, 0.25) is 0 Å². The van der Waals surface area contributed by atoms with E-state index in [1.165, 1.54) is 6.33 Å². The largest absolute Gasteiger partial charge is 0.444 e. The molecule has 1 N–H and O–H groups in total. The molecule has 0 saturated heterocycles. The van der Waals surface area contributed by atoms with Crippen LogP contribution in [0, 0.1) is 0 Å². The van der Waals surface area contributed by atoms with Crippen LogP contribution in [0.4, 0.5) is 4.79 Å².